The zero-order chi connectivity index (χ0) is 17.9. The van der Waals surface area contributed by atoms with Gasteiger partial charge in [0.05, 0.1) is 0 Å². The normalized spacial score (nSPS) is 11.8. The fourth-order valence-corrected chi connectivity index (χ4v) is 3.55. The number of Topliss-reactive ketones (excluding diaryl/α,β-unsaturated/α-hetero) is 1. The molecule has 0 radical (unpaired) electrons. The standard InChI is InChI=1S/C20H13NO4S/c21-9-15-16(14-6-7-18-19(8-14)25-12-24-18)11-26-20(15)23-10-17(22)13-4-2-1-3-5-13/h1-8,11H,10,12H2. The molecular formula is C20H13NO4S. The SMILES string of the molecule is N#Cc1c(-c2ccc3c(c2)OCO3)csc1OCC(=O)c1ccccc1. The fraction of sp³-hybridized carbons (Fsp3) is 0.100. The van der Waals surface area contributed by atoms with Crippen LogP contribution in [0.5, 0.6) is 16.6 Å². The molecule has 1 aliphatic rings. The maximum Gasteiger partial charge on any atom is 0.231 e. The predicted molar refractivity (Wildman–Crippen MR) is 96.9 cm³/mol. The number of ether oxygens (including phenoxy) is 3. The third-order valence-corrected chi connectivity index (χ3v) is 4.87. The summed E-state index contributed by atoms with van der Waals surface area (Å²) in [6, 6.07) is 16.6. The number of carbonyl (C=O) groups is 1. The first-order valence-electron chi connectivity index (χ1n) is 7.89. The molecule has 0 spiro atoms. The van der Waals surface area contributed by atoms with Crippen molar-refractivity contribution in [2.24, 2.45) is 0 Å². The van der Waals surface area contributed by atoms with Crippen LogP contribution in [0.15, 0.2) is 53.9 Å². The van der Waals surface area contributed by atoms with Crippen molar-refractivity contribution in [3.8, 4) is 33.8 Å². The predicted octanol–water partition coefficient (Wildman–Crippen LogP) is 4.28. The van der Waals surface area contributed by atoms with Gasteiger partial charge < -0.3 is 14.2 Å². The summed E-state index contributed by atoms with van der Waals surface area (Å²) in [7, 11) is 0. The number of ketones is 1. The molecule has 0 amide bonds. The lowest BCUT2D eigenvalue weighted by Crippen LogP contribution is -2.11. The molecule has 5 nitrogen and oxygen atoms in total. The number of nitrogens with zero attached hydrogens (tertiary/aromatic N) is 1. The van der Waals surface area contributed by atoms with Crippen LogP contribution in [0.4, 0.5) is 0 Å². The Morgan fingerprint density at radius 2 is 1.96 bits per heavy atom. The first-order chi connectivity index (χ1) is 12.8. The Labute approximate surface area is 154 Å². The first kappa shape index (κ1) is 16.2. The summed E-state index contributed by atoms with van der Waals surface area (Å²) in [5, 5.41) is 11.8. The molecule has 2 heterocycles. The van der Waals surface area contributed by atoms with Crippen LogP contribution in [0, 0.1) is 11.3 Å². The van der Waals surface area contributed by atoms with Crippen LogP contribution in [-0.4, -0.2) is 19.2 Å². The Hall–Kier alpha value is -3.30. The molecule has 0 bridgehead atoms. The lowest BCUT2D eigenvalue weighted by molar-refractivity contribution is 0.0924. The highest BCUT2D eigenvalue weighted by molar-refractivity contribution is 7.12. The van der Waals surface area contributed by atoms with Gasteiger partial charge in [0.2, 0.25) is 6.79 Å². The van der Waals surface area contributed by atoms with Crippen molar-refractivity contribution in [2.75, 3.05) is 13.4 Å². The molecule has 0 saturated heterocycles. The van der Waals surface area contributed by atoms with E-state index in [1.165, 1.54) is 11.3 Å². The van der Waals surface area contributed by atoms with E-state index in [1.54, 1.807) is 24.3 Å². The monoisotopic (exact) mass is 363 g/mol. The van der Waals surface area contributed by atoms with Crippen molar-refractivity contribution in [1.29, 1.82) is 5.26 Å². The summed E-state index contributed by atoms with van der Waals surface area (Å²) in [4.78, 5) is 12.2. The van der Waals surface area contributed by atoms with E-state index in [4.69, 9.17) is 14.2 Å². The van der Waals surface area contributed by atoms with Crippen molar-refractivity contribution in [3.05, 3.63) is 65.0 Å². The van der Waals surface area contributed by atoms with Crippen LogP contribution in [0.3, 0.4) is 0 Å². The molecule has 26 heavy (non-hydrogen) atoms. The Kier molecular flexibility index (Phi) is 4.30. The number of nitriles is 1. The maximum absolute atomic E-state index is 12.2. The first-order valence-corrected chi connectivity index (χ1v) is 8.77. The van der Waals surface area contributed by atoms with Gasteiger partial charge in [-0.2, -0.15) is 5.26 Å². The van der Waals surface area contributed by atoms with Crippen LogP contribution in [0.1, 0.15) is 15.9 Å². The summed E-state index contributed by atoms with van der Waals surface area (Å²) in [5.41, 5.74) is 2.58. The quantitative estimate of drug-likeness (QED) is 0.633. The molecule has 2 aromatic carbocycles. The molecule has 128 valence electrons. The highest BCUT2D eigenvalue weighted by Gasteiger charge is 2.19. The largest absolute Gasteiger partial charge is 0.474 e. The molecule has 6 heteroatoms. The molecule has 0 unspecified atom stereocenters. The zero-order valence-corrected chi connectivity index (χ0v) is 14.4. The smallest absolute Gasteiger partial charge is 0.231 e. The van der Waals surface area contributed by atoms with Gasteiger partial charge in [-0.05, 0) is 17.7 Å². The van der Waals surface area contributed by atoms with Crippen molar-refractivity contribution >= 4 is 17.1 Å². The Bertz CT molecular complexity index is 1000. The molecular weight excluding hydrogens is 350 g/mol. The van der Waals surface area contributed by atoms with Gasteiger partial charge in [-0.15, -0.1) is 11.3 Å². The second kappa shape index (κ2) is 6.90. The number of fused-ring (bicyclic) bond motifs is 1. The average Bonchev–Trinajstić information content (AvgIpc) is 3.32. The van der Waals surface area contributed by atoms with Gasteiger partial charge >= 0.3 is 0 Å². The summed E-state index contributed by atoms with van der Waals surface area (Å²) >= 11 is 1.30. The second-order valence-corrected chi connectivity index (χ2v) is 6.41. The van der Waals surface area contributed by atoms with Gasteiger partial charge in [0.25, 0.3) is 0 Å². The third kappa shape index (κ3) is 3.01. The number of hydrogen-bond acceptors (Lipinski definition) is 6. The van der Waals surface area contributed by atoms with Gasteiger partial charge in [-0.1, -0.05) is 36.4 Å². The number of carbonyl (C=O) groups excluding carboxylic acids is 1. The third-order valence-electron chi connectivity index (χ3n) is 3.98. The molecule has 0 saturated carbocycles. The molecule has 0 atom stereocenters. The van der Waals surface area contributed by atoms with Crippen LogP contribution < -0.4 is 14.2 Å². The number of thiophene rings is 1. The fourth-order valence-electron chi connectivity index (χ4n) is 2.67. The highest BCUT2D eigenvalue weighted by Crippen LogP contribution is 2.41. The van der Waals surface area contributed by atoms with Crippen molar-refractivity contribution < 1.29 is 19.0 Å². The minimum Gasteiger partial charge on any atom is -0.474 e. The van der Waals surface area contributed by atoms with Crippen molar-refractivity contribution in [2.45, 2.75) is 0 Å². The van der Waals surface area contributed by atoms with E-state index < -0.39 is 0 Å². The summed E-state index contributed by atoms with van der Waals surface area (Å²) in [5.74, 6) is 1.21. The summed E-state index contributed by atoms with van der Waals surface area (Å²) in [6.07, 6.45) is 0. The van der Waals surface area contributed by atoms with E-state index in [0.29, 0.717) is 27.7 Å². The number of hydrogen-bond donors (Lipinski definition) is 0. The van der Waals surface area contributed by atoms with Crippen molar-refractivity contribution in [1.82, 2.24) is 0 Å². The Morgan fingerprint density at radius 3 is 2.77 bits per heavy atom. The zero-order valence-electron chi connectivity index (χ0n) is 13.6. The van der Waals surface area contributed by atoms with Crippen LogP contribution in [-0.2, 0) is 0 Å². The molecule has 3 aromatic rings. The summed E-state index contributed by atoms with van der Waals surface area (Å²) in [6.45, 7) is 0.0866. The minimum atomic E-state index is -0.132. The summed E-state index contributed by atoms with van der Waals surface area (Å²) < 4.78 is 16.3. The lowest BCUT2D eigenvalue weighted by atomic mass is 10.0. The van der Waals surface area contributed by atoms with Crippen LogP contribution in [0.2, 0.25) is 0 Å². The van der Waals surface area contributed by atoms with Gasteiger partial charge in [-0.25, -0.2) is 0 Å². The van der Waals surface area contributed by atoms with E-state index in [1.807, 2.05) is 29.6 Å². The number of benzene rings is 2. The van der Waals surface area contributed by atoms with Gasteiger partial charge in [0.15, 0.2) is 29.0 Å². The average molecular weight is 363 g/mol. The highest BCUT2D eigenvalue weighted by atomic mass is 32.1. The van der Waals surface area contributed by atoms with Gasteiger partial charge in [0, 0.05) is 16.5 Å². The maximum atomic E-state index is 12.2. The second-order valence-electron chi connectivity index (χ2n) is 5.57. The molecule has 0 N–H and O–H groups in total. The van der Waals surface area contributed by atoms with Gasteiger partial charge in [-0.3, -0.25) is 4.79 Å². The molecule has 4 rings (SSSR count). The van der Waals surface area contributed by atoms with E-state index in [-0.39, 0.29) is 19.2 Å². The van der Waals surface area contributed by atoms with Gasteiger partial charge in [0.1, 0.15) is 11.6 Å². The Balaban J connectivity index is 1.56. The lowest BCUT2D eigenvalue weighted by Gasteiger charge is -2.05. The number of rotatable bonds is 5. The van der Waals surface area contributed by atoms with E-state index in [2.05, 4.69) is 6.07 Å². The van der Waals surface area contributed by atoms with E-state index >= 15 is 0 Å². The van der Waals surface area contributed by atoms with Crippen LogP contribution in [0.25, 0.3) is 11.1 Å². The van der Waals surface area contributed by atoms with E-state index in [0.717, 1.165) is 11.1 Å². The topological polar surface area (TPSA) is 68.6 Å². The molecule has 1 aromatic heterocycles. The van der Waals surface area contributed by atoms with E-state index in [9.17, 15) is 10.1 Å². The molecule has 0 fully saturated rings. The van der Waals surface area contributed by atoms with Crippen LogP contribution >= 0.6 is 11.3 Å². The minimum absolute atomic E-state index is 0.111. The Morgan fingerprint density at radius 1 is 1.15 bits per heavy atom. The molecule has 0 aliphatic carbocycles. The van der Waals surface area contributed by atoms with Crippen molar-refractivity contribution in [3.63, 3.8) is 0 Å². The molecule has 1 aliphatic heterocycles.